The molecule has 4 rings (SSSR count). The highest BCUT2D eigenvalue weighted by Gasteiger charge is 2.26. The molecule has 15 nitrogen and oxygen atoms in total. The average molecular weight is 641 g/mol. The standard InChI is InChI=1S/C27H24N6O9S2/c28-18-5-1-16(2-6-18)25(34)30-20-9-11-21(12-10-20)33(27(36)32-44(40,41)42)22-13-14-23(24(15-22)43(37,38)39)31-26(35)17-3-7-19(29)8-4-17/h1-15H,28-29H2,(H,30,34)(H,31,35)(H,32,36)(H,37,38,39)(H,40,41,42). The maximum atomic E-state index is 13.0. The Morgan fingerprint density at radius 2 is 1.11 bits per heavy atom. The van der Waals surface area contributed by atoms with Gasteiger partial charge in [-0.2, -0.15) is 16.8 Å². The SMILES string of the molecule is Nc1ccc(C(=O)Nc2ccc(N(C(=O)NS(=O)(=O)O)c3ccc(NC(=O)c4ccc(N)cc4)c(S(=O)(=O)O)c3)cc2)cc1. The van der Waals surface area contributed by atoms with E-state index in [9.17, 15) is 40.3 Å². The molecule has 0 fully saturated rings. The first-order valence-corrected chi connectivity index (χ1v) is 15.1. The van der Waals surface area contributed by atoms with Crippen LogP contribution in [0.5, 0.6) is 0 Å². The summed E-state index contributed by atoms with van der Waals surface area (Å²) in [5, 5.41) is 4.98. The number of nitrogens with two attached hydrogens (primary N) is 2. The van der Waals surface area contributed by atoms with Gasteiger partial charge in [0.15, 0.2) is 0 Å². The Morgan fingerprint density at radius 1 is 0.636 bits per heavy atom. The van der Waals surface area contributed by atoms with Gasteiger partial charge in [0.25, 0.3) is 21.9 Å². The number of hydrogen-bond acceptors (Lipinski definition) is 9. The van der Waals surface area contributed by atoms with Gasteiger partial charge in [-0.1, -0.05) is 0 Å². The molecule has 228 valence electrons. The van der Waals surface area contributed by atoms with Gasteiger partial charge in [-0.05, 0) is 91.0 Å². The quantitative estimate of drug-likeness (QED) is 0.109. The zero-order valence-electron chi connectivity index (χ0n) is 22.3. The van der Waals surface area contributed by atoms with Crippen LogP contribution >= 0.6 is 0 Å². The van der Waals surface area contributed by atoms with Crippen LogP contribution in [-0.4, -0.2) is 43.8 Å². The van der Waals surface area contributed by atoms with Crippen molar-refractivity contribution in [3.05, 3.63) is 102 Å². The van der Waals surface area contributed by atoms with Gasteiger partial charge in [0, 0.05) is 28.2 Å². The van der Waals surface area contributed by atoms with Crippen LogP contribution in [0.2, 0.25) is 0 Å². The Kier molecular flexibility index (Phi) is 8.86. The number of hydrogen-bond donors (Lipinski definition) is 7. The summed E-state index contributed by atoms with van der Waals surface area (Å²) in [6.45, 7) is 0. The van der Waals surface area contributed by atoms with E-state index in [1.54, 1.807) is 12.1 Å². The number of anilines is 6. The summed E-state index contributed by atoms with van der Waals surface area (Å²) in [6.07, 6.45) is 0. The normalized spacial score (nSPS) is 11.3. The van der Waals surface area contributed by atoms with Gasteiger partial charge in [-0.25, -0.2) is 9.52 Å². The molecule has 0 aliphatic heterocycles. The summed E-state index contributed by atoms with van der Waals surface area (Å²) < 4.78 is 68.0. The Balaban J connectivity index is 1.70. The van der Waals surface area contributed by atoms with Crippen molar-refractivity contribution in [2.75, 3.05) is 27.0 Å². The van der Waals surface area contributed by atoms with Crippen LogP contribution in [0.3, 0.4) is 0 Å². The molecule has 4 aromatic carbocycles. The summed E-state index contributed by atoms with van der Waals surface area (Å²) in [4.78, 5) is 38.0. The number of carbonyl (C=O) groups is 3. The van der Waals surface area contributed by atoms with E-state index in [2.05, 4.69) is 10.6 Å². The van der Waals surface area contributed by atoms with Crippen LogP contribution in [0.15, 0.2) is 95.9 Å². The van der Waals surface area contributed by atoms with Crippen molar-refractivity contribution in [2.24, 2.45) is 0 Å². The van der Waals surface area contributed by atoms with Crippen molar-refractivity contribution in [1.82, 2.24) is 4.72 Å². The third-order valence-corrected chi connectivity index (χ3v) is 7.22. The molecule has 0 bridgehead atoms. The predicted octanol–water partition coefficient (Wildman–Crippen LogP) is 3.25. The molecule has 0 unspecified atom stereocenters. The van der Waals surface area contributed by atoms with Gasteiger partial charge in [-0.3, -0.25) is 23.6 Å². The smallest absolute Gasteiger partial charge is 0.361 e. The molecule has 0 aliphatic carbocycles. The minimum atomic E-state index is -5.08. The maximum absolute atomic E-state index is 13.0. The molecular formula is C27H24N6O9S2. The Morgan fingerprint density at radius 3 is 1.59 bits per heavy atom. The van der Waals surface area contributed by atoms with Crippen molar-refractivity contribution in [3.8, 4) is 0 Å². The number of nitrogen functional groups attached to an aromatic ring is 2. The van der Waals surface area contributed by atoms with Gasteiger partial charge < -0.3 is 22.1 Å². The maximum Gasteiger partial charge on any atom is 0.361 e. The van der Waals surface area contributed by atoms with Crippen LogP contribution in [0.1, 0.15) is 20.7 Å². The zero-order chi connectivity index (χ0) is 32.2. The predicted molar refractivity (Wildman–Crippen MR) is 163 cm³/mol. The fourth-order valence-corrected chi connectivity index (χ4v) is 4.85. The van der Waals surface area contributed by atoms with Crippen LogP contribution in [0.25, 0.3) is 0 Å². The average Bonchev–Trinajstić information content (AvgIpc) is 2.94. The van der Waals surface area contributed by atoms with E-state index >= 15 is 0 Å². The molecule has 0 spiro atoms. The van der Waals surface area contributed by atoms with E-state index in [-0.39, 0.29) is 28.3 Å². The lowest BCUT2D eigenvalue weighted by Gasteiger charge is -2.24. The van der Waals surface area contributed by atoms with Crippen molar-refractivity contribution < 1.29 is 40.3 Å². The molecule has 17 heteroatoms. The summed E-state index contributed by atoms with van der Waals surface area (Å²) >= 11 is 0. The van der Waals surface area contributed by atoms with Gasteiger partial charge >= 0.3 is 16.3 Å². The Bertz CT molecular complexity index is 1950. The van der Waals surface area contributed by atoms with E-state index in [0.29, 0.717) is 21.8 Å². The minimum absolute atomic E-state index is 0.0587. The van der Waals surface area contributed by atoms with Crippen molar-refractivity contribution in [2.45, 2.75) is 4.90 Å². The summed E-state index contributed by atoms with van der Waals surface area (Å²) in [5.74, 6) is -1.23. The molecule has 4 amide bonds. The number of carbonyl (C=O) groups excluding carboxylic acids is 3. The monoisotopic (exact) mass is 640 g/mol. The van der Waals surface area contributed by atoms with E-state index in [0.717, 1.165) is 18.2 Å². The number of nitrogens with zero attached hydrogens (tertiary/aromatic N) is 1. The first-order chi connectivity index (χ1) is 20.6. The largest absolute Gasteiger partial charge is 0.399 e. The molecule has 0 radical (unpaired) electrons. The molecule has 0 aliphatic rings. The lowest BCUT2D eigenvalue weighted by molar-refractivity contribution is 0.101. The topological polar surface area (TPSA) is 251 Å². The summed E-state index contributed by atoms with van der Waals surface area (Å²) in [7, 11) is -10.1. The van der Waals surface area contributed by atoms with E-state index in [1.165, 1.54) is 65.4 Å². The highest BCUT2D eigenvalue weighted by Crippen LogP contribution is 2.33. The molecule has 4 aromatic rings. The molecule has 9 N–H and O–H groups in total. The van der Waals surface area contributed by atoms with Crippen molar-refractivity contribution in [1.29, 1.82) is 0 Å². The number of nitrogens with one attached hydrogen (secondary N) is 3. The third kappa shape index (κ3) is 7.86. The minimum Gasteiger partial charge on any atom is -0.399 e. The van der Waals surface area contributed by atoms with Gasteiger partial charge in [0.05, 0.1) is 17.1 Å². The fourth-order valence-electron chi connectivity index (χ4n) is 3.87. The Hall–Kier alpha value is -5.49. The second-order valence-corrected chi connectivity index (χ2v) is 11.6. The zero-order valence-corrected chi connectivity index (χ0v) is 24.0. The molecule has 0 saturated carbocycles. The highest BCUT2D eigenvalue weighted by molar-refractivity contribution is 7.86. The Labute approximate surface area is 251 Å². The fraction of sp³-hybridized carbons (Fsp3) is 0. The summed E-state index contributed by atoms with van der Waals surface area (Å²) in [5.41, 5.74) is 12.1. The molecule has 0 saturated heterocycles. The highest BCUT2D eigenvalue weighted by atomic mass is 32.2. The van der Waals surface area contributed by atoms with E-state index in [4.69, 9.17) is 11.5 Å². The lowest BCUT2D eigenvalue weighted by Crippen LogP contribution is -2.40. The number of benzene rings is 4. The molecule has 0 atom stereocenters. The molecule has 0 aromatic heterocycles. The number of urea groups is 1. The number of rotatable bonds is 8. The van der Waals surface area contributed by atoms with Gasteiger partial charge in [0.1, 0.15) is 4.90 Å². The first kappa shape index (κ1) is 31.4. The third-order valence-electron chi connectivity index (χ3n) is 5.90. The second kappa shape index (κ2) is 12.4. The number of amides is 4. The van der Waals surface area contributed by atoms with E-state index < -0.39 is 43.2 Å². The van der Waals surface area contributed by atoms with Crippen molar-refractivity contribution >= 4 is 72.4 Å². The van der Waals surface area contributed by atoms with Crippen LogP contribution in [-0.2, 0) is 20.4 Å². The summed E-state index contributed by atoms with van der Waals surface area (Å²) in [6, 6.07) is 18.6. The molecule has 44 heavy (non-hydrogen) atoms. The molecule has 0 heterocycles. The van der Waals surface area contributed by atoms with Gasteiger partial charge in [-0.15, -0.1) is 0 Å². The van der Waals surface area contributed by atoms with E-state index in [1.807, 2.05) is 0 Å². The second-order valence-electron chi connectivity index (χ2n) is 9.07. The molecular weight excluding hydrogens is 616 g/mol. The van der Waals surface area contributed by atoms with Crippen LogP contribution < -0.4 is 31.7 Å². The first-order valence-electron chi connectivity index (χ1n) is 12.3. The lowest BCUT2D eigenvalue weighted by atomic mass is 10.1. The van der Waals surface area contributed by atoms with Crippen LogP contribution in [0, 0.1) is 0 Å². The van der Waals surface area contributed by atoms with Crippen molar-refractivity contribution in [3.63, 3.8) is 0 Å². The van der Waals surface area contributed by atoms with Gasteiger partial charge in [0.2, 0.25) is 0 Å². The van der Waals surface area contributed by atoms with Crippen LogP contribution in [0.4, 0.5) is 38.9 Å².